The average Bonchev–Trinajstić information content (AvgIpc) is 3.24. The van der Waals surface area contributed by atoms with Crippen LogP contribution >= 0.6 is 0 Å². The highest BCUT2D eigenvalue weighted by atomic mass is 19.4. The molecule has 3 rings (SSSR count). The highest BCUT2D eigenvalue weighted by Crippen LogP contribution is 2.29. The van der Waals surface area contributed by atoms with Crippen LogP contribution in [0, 0.1) is 13.8 Å². The number of piperazine rings is 1. The van der Waals surface area contributed by atoms with Crippen LogP contribution in [0.1, 0.15) is 42.5 Å². The van der Waals surface area contributed by atoms with Crippen LogP contribution in [-0.4, -0.2) is 61.4 Å². The molecule has 0 N–H and O–H groups in total. The monoisotopic (exact) mass is 412 g/mol. The maximum Gasteiger partial charge on any atom is 0.435 e. The van der Waals surface area contributed by atoms with E-state index in [4.69, 9.17) is 0 Å². The van der Waals surface area contributed by atoms with Gasteiger partial charge in [0, 0.05) is 56.2 Å². The molecule has 10 heteroatoms. The fraction of sp³-hybridized carbons (Fsp3) is 0.632. The Balaban J connectivity index is 1.59. The van der Waals surface area contributed by atoms with Gasteiger partial charge in [-0.3, -0.25) is 19.1 Å². The fourth-order valence-electron chi connectivity index (χ4n) is 3.71. The predicted molar refractivity (Wildman–Crippen MR) is 101 cm³/mol. The lowest BCUT2D eigenvalue weighted by molar-refractivity contribution is -0.143. The van der Waals surface area contributed by atoms with E-state index in [1.807, 2.05) is 17.8 Å². The molecule has 7 nitrogen and oxygen atoms in total. The third-order valence-electron chi connectivity index (χ3n) is 5.52. The highest BCUT2D eigenvalue weighted by Gasteiger charge is 2.36. The summed E-state index contributed by atoms with van der Waals surface area (Å²) in [6.07, 6.45) is -2.63. The van der Waals surface area contributed by atoms with E-state index in [1.165, 1.54) is 17.2 Å². The van der Waals surface area contributed by atoms with Crippen LogP contribution in [0.5, 0.6) is 0 Å². The van der Waals surface area contributed by atoms with Gasteiger partial charge in [0.1, 0.15) is 6.04 Å². The Bertz CT molecular complexity index is 864. The van der Waals surface area contributed by atoms with Crippen molar-refractivity contribution in [2.45, 2.75) is 53.0 Å². The van der Waals surface area contributed by atoms with Gasteiger partial charge >= 0.3 is 6.18 Å². The minimum absolute atomic E-state index is 0.209. The van der Waals surface area contributed by atoms with Gasteiger partial charge in [-0.1, -0.05) is 0 Å². The van der Waals surface area contributed by atoms with E-state index in [-0.39, 0.29) is 5.91 Å². The molecule has 1 amide bonds. The van der Waals surface area contributed by atoms with Gasteiger partial charge in [0.25, 0.3) is 0 Å². The second kappa shape index (κ2) is 8.17. The van der Waals surface area contributed by atoms with Crippen LogP contribution in [0.2, 0.25) is 0 Å². The van der Waals surface area contributed by atoms with E-state index in [1.54, 1.807) is 11.8 Å². The van der Waals surface area contributed by atoms with E-state index in [9.17, 15) is 18.0 Å². The van der Waals surface area contributed by atoms with Crippen LogP contribution in [0.3, 0.4) is 0 Å². The average molecular weight is 412 g/mol. The van der Waals surface area contributed by atoms with Gasteiger partial charge in [0.05, 0.1) is 6.20 Å². The van der Waals surface area contributed by atoms with Crippen molar-refractivity contribution in [2.24, 2.45) is 0 Å². The zero-order valence-corrected chi connectivity index (χ0v) is 17.2. The minimum Gasteiger partial charge on any atom is -0.338 e. The molecule has 1 aliphatic rings. The summed E-state index contributed by atoms with van der Waals surface area (Å²) >= 11 is 0. The normalized spacial score (nSPS) is 17.0. The van der Waals surface area contributed by atoms with Gasteiger partial charge in [-0.05, 0) is 33.8 Å². The molecule has 0 spiro atoms. The molecular weight excluding hydrogens is 385 g/mol. The molecule has 0 aromatic carbocycles. The summed E-state index contributed by atoms with van der Waals surface area (Å²) in [6, 6.07) is 0.197. The van der Waals surface area contributed by atoms with Gasteiger partial charge in [-0.25, -0.2) is 0 Å². The first kappa shape index (κ1) is 21.4. The Hall–Kier alpha value is -2.36. The number of amides is 1. The van der Waals surface area contributed by atoms with Gasteiger partial charge in [-0.15, -0.1) is 0 Å². The number of nitrogens with zero attached hydrogens (tertiary/aromatic N) is 6. The summed E-state index contributed by atoms with van der Waals surface area (Å²) in [5.74, 6) is -0.209. The molecule has 3 heterocycles. The van der Waals surface area contributed by atoms with Gasteiger partial charge in [0.15, 0.2) is 5.69 Å². The Morgan fingerprint density at radius 1 is 1.21 bits per heavy atom. The van der Waals surface area contributed by atoms with E-state index in [0.717, 1.165) is 24.8 Å². The molecule has 0 bridgehead atoms. The molecule has 160 valence electrons. The number of carbonyl (C=O) groups excluding carboxylic acids is 1. The van der Waals surface area contributed by atoms with Crippen LogP contribution in [0.4, 0.5) is 13.2 Å². The van der Waals surface area contributed by atoms with E-state index in [0.29, 0.717) is 31.9 Å². The number of hydrogen-bond acceptors (Lipinski definition) is 4. The number of halogens is 3. The summed E-state index contributed by atoms with van der Waals surface area (Å²) in [4.78, 5) is 16.8. The largest absolute Gasteiger partial charge is 0.435 e. The first-order chi connectivity index (χ1) is 13.6. The van der Waals surface area contributed by atoms with Crippen molar-refractivity contribution in [3.8, 4) is 0 Å². The summed E-state index contributed by atoms with van der Waals surface area (Å²) < 4.78 is 41.8. The number of hydrogen-bond donors (Lipinski definition) is 0. The summed E-state index contributed by atoms with van der Waals surface area (Å²) in [5.41, 5.74) is 1.67. The molecule has 1 fully saturated rings. The third-order valence-corrected chi connectivity index (χ3v) is 5.52. The zero-order chi connectivity index (χ0) is 21.3. The SMILES string of the molecule is CCn1ncc(CN2CCN(C(=O)C(C)n3nc(C(F)(F)F)cc3C)CC2)c1C. The van der Waals surface area contributed by atoms with Crippen molar-refractivity contribution in [1.82, 2.24) is 29.4 Å². The van der Waals surface area contributed by atoms with E-state index < -0.39 is 17.9 Å². The Morgan fingerprint density at radius 2 is 1.86 bits per heavy atom. The standard InChI is InChI=1S/C19H27F3N6O/c1-5-27-14(3)16(11-23-27)12-25-6-8-26(9-7-25)18(29)15(4)28-13(2)10-17(24-28)19(20,21)22/h10-11,15H,5-9,12H2,1-4H3. The lowest BCUT2D eigenvalue weighted by Crippen LogP contribution is -2.50. The Labute approximate surface area is 168 Å². The van der Waals surface area contributed by atoms with Crippen LogP contribution < -0.4 is 0 Å². The first-order valence-corrected chi connectivity index (χ1v) is 9.77. The quantitative estimate of drug-likeness (QED) is 0.758. The number of carbonyl (C=O) groups is 1. The van der Waals surface area contributed by atoms with Gasteiger partial charge in [-0.2, -0.15) is 23.4 Å². The molecule has 1 unspecified atom stereocenters. The third kappa shape index (κ3) is 4.47. The van der Waals surface area contributed by atoms with Crippen molar-refractivity contribution in [1.29, 1.82) is 0 Å². The zero-order valence-electron chi connectivity index (χ0n) is 17.2. The Morgan fingerprint density at radius 3 is 2.38 bits per heavy atom. The number of aryl methyl sites for hydroxylation is 2. The molecule has 0 saturated carbocycles. The van der Waals surface area contributed by atoms with Crippen molar-refractivity contribution in [2.75, 3.05) is 26.2 Å². The van der Waals surface area contributed by atoms with Crippen LogP contribution in [0.25, 0.3) is 0 Å². The van der Waals surface area contributed by atoms with Crippen molar-refractivity contribution in [3.63, 3.8) is 0 Å². The molecular formula is C19H27F3N6O. The fourth-order valence-corrected chi connectivity index (χ4v) is 3.71. The molecule has 0 radical (unpaired) electrons. The number of rotatable bonds is 5. The summed E-state index contributed by atoms with van der Waals surface area (Å²) in [5, 5.41) is 7.98. The summed E-state index contributed by atoms with van der Waals surface area (Å²) in [6.45, 7) is 11.3. The van der Waals surface area contributed by atoms with Crippen molar-refractivity contribution in [3.05, 3.63) is 34.9 Å². The Kier molecular flexibility index (Phi) is 6.02. The van der Waals surface area contributed by atoms with Crippen LogP contribution in [0.15, 0.2) is 12.3 Å². The topological polar surface area (TPSA) is 59.2 Å². The lowest BCUT2D eigenvalue weighted by Gasteiger charge is -2.36. The smallest absolute Gasteiger partial charge is 0.338 e. The van der Waals surface area contributed by atoms with Gasteiger partial charge in [0.2, 0.25) is 5.91 Å². The highest BCUT2D eigenvalue weighted by molar-refractivity contribution is 5.80. The van der Waals surface area contributed by atoms with Crippen LogP contribution in [-0.2, 0) is 24.1 Å². The molecule has 29 heavy (non-hydrogen) atoms. The molecule has 2 aromatic rings. The molecule has 0 aliphatic carbocycles. The first-order valence-electron chi connectivity index (χ1n) is 9.77. The van der Waals surface area contributed by atoms with Crippen molar-refractivity contribution < 1.29 is 18.0 Å². The second-order valence-electron chi connectivity index (χ2n) is 7.46. The minimum atomic E-state index is -4.52. The number of aromatic nitrogens is 4. The van der Waals surface area contributed by atoms with E-state index >= 15 is 0 Å². The molecule has 1 aliphatic heterocycles. The van der Waals surface area contributed by atoms with E-state index in [2.05, 4.69) is 22.0 Å². The molecule has 2 aromatic heterocycles. The number of alkyl halides is 3. The van der Waals surface area contributed by atoms with Crippen molar-refractivity contribution >= 4 is 5.91 Å². The molecule has 1 saturated heterocycles. The lowest BCUT2D eigenvalue weighted by atomic mass is 10.2. The predicted octanol–water partition coefficient (Wildman–Crippen LogP) is 2.64. The second-order valence-corrected chi connectivity index (χ2v) is 7.46. The maximum absolute atomic E-state index is 12.9. The van der Waals surface area contributed by atoms with Gasteiger partial charge < -0.3 is 4.90 Å². The summed E-state index contributed by atoms with van der Waals surface area (Å²) in [7, 11) is 0. The molecule has 1 atom stereocenters. The maximum atomic E-state index is 12.9.